The van der Waals surface area contributed by atoms with E-state index >= 15 is 0 Å². The fourth-order valence-corrected chi connectivity index (χ4v) is 0.995. The first-order valence-electron chi connectivity index (χ1n) is 4.44. The summed E-state index contributed by atoms with van der Waals surface area (Å²) in [6, 6.07) is 0. The molecule has 2 atom stereocenters. The summed E-state index contributed by atoms with van der Waals surface area (Å²) in [7, 11) is 0. The molecule has 4 nitrogen and oxygen atoms in total. The molecule has 0 aromatic heterocycles. The molecule has 0 bridgehead atoms. The van der Waals surface area contributed by atoms with E-state index in [1.807, 2.05) is 6.92 Å². The van der Waals surface area contributed by atoms with E-state index in [1.54, 1.807) is 0 Å². The van der Waals surface area contributed by atoms with Crippen LogP contribution in [-0.4, -0.2) is 32.5 Å². The Morgan fingerprint density at radius 2 is 1.77 bits per heavy atom. The summed E-state index contributed by atoms with van der Waals surface area (Å²) in [5.74, 6) is -1.39. The first kappa shape index (κ1) is 12.4. The van der Waals surface area contributed by atoms with Crippen LogP contribution in [0.4, 0.5) is 0 Å². The largest absolute Gasteiger partial charge is 0.479 e. The zero-order valence-corrected chi connectivity index (χ0v) is 8.37. The van der Waals surface area contributed by atoms with E-state index in [2.05, 4.69) is 0 Å². The summed E-state index contributed by atoms with van der Waals surface area (Å²) in [5, 5.41) is 27.9. The van der Waals surface area contributed by atoms with E-state index in [9.17, 15) is 15.0 Å². The van der Waals surface area contributed by atoms with Gasteiger partial charge in [-0.3, -0.25) is 0 Å². The Hall–Kier alpha value is -0.610. The van der Waals surface area contributed by atoms with Crippen LogP contribution in [0.25, 0.3) is 0 Å². The fourth-order valence-electron chi connectivity index (χ4n) is 0.995. The van der Waals surface area contributed by atoms with E-state index in [4.69, 9.17) is 5.11 Å². The number of carboxylic acid groups (broad SMARTS) is 1. The van der Waals surface area contributed by atoms with Gasteiger partial charge in [0.15, 0.2) is 5.60 Å². The molecule has 0 spiro atoms. The molecule has 78 valence electrons. The lowest BCUT2D eigenvalue weighted by Gasteiger charge is -2.34. The average Bonchev–Trinajstić information content (AvgIpc) is 2.00. The first-order chi connectivity index (χ1) is 5.75. The van der Waals surface area contributed by atoms with Gasteiger partial charge in [-0.25, -0.2) is 4.79 Å². The van der Waals surface area contributed by atoms with E-state index in [0.717, 1.165) is 13.3 Å². The summed E-state index contributed by atoms with van der Waals surface area (Å²) < 4.78 is 0. The summed E-state index contributed by atoms with van der Waals surface area (Å²) in [6.45, 7) is 4.40. The second kappa shape index (κ2) is 4.07. The summed E-state index contributed by atoms with van der Waals surface area (Å²) in [6.07, 6.45) is 1.82. The normalized spacial score (nSPS) is 20.4. The highest BCUT2D eigenvalue weighted by Gasteiger charge is 2.47. The molecule has 0 fully saturated rings. The minimum atomic E-state index is -2.08. The fraction of sp³-hybridized carbons (Fsp3) is 0.889. The molecular formula is C9H18O4. The van der Waals surface area contributed by atoms with Gasteiger partial charge in [0.25, 0.3) is 0 Å². The monoisotopic (exact) mass is 190 g/mol. The number of aliphatic carboxylic acids is 1. The van der Waals surface area contributed by atoms with Crippen LogP contribution in [0, 0.1) is 0 Å². The quantitative estimate of drug-likeness (QED) is 0.598. The molecule has 0 amide bonds. The zero-order valence-electron chi connectivity index (χ0n) is 8.37. The van der Waals surface area contributed by atoms with Crippen molar-refractivity contribution in [2.24, 2.45) is 0 Å². The van der Waals surface area contributed by atoms with Crippen LogP contribution in [0.1, 0.15) is 40.0 Å². The van der Waals surface area contributed by atoms with Gasteiger partial charge in [0, 0.05) is 0 Å². The number of aliphatic hydroxyl groups is 2. The molecular weight excluding hydrogens is 172 g/mol. The molecule has 13 heavy (non-hydrogen) atoms. The topological polar surface area (TPSA) is 77.8 Å². The van der Waals surface area contributed by atoms with E-state index in [1.165, 1.54) is 6.92 Å². The van der Waals surface area contributed by atoms with Gasteiger partial charge in [-0.05, 0) is 20.3 Å². The average molecular weight is 190 g/mol. The van der Waals surface area contributed by atoms with Crippen molar-refractivity contribution in [1.29, 1.82) is 0 Å². The number of carboxylic acids is 1. The van der Waals surface area contributed by atoms with Crippen molar-refractivity contribution >= 4 is 5.97 Å². The summed E-state index contributed by atoms with van der Waals surface area (Å²) >= 11 is 0. The van der Waals surface area contributed by atoms with Crippen LogP contribution >= 0.6 is 0 Å². The Balaban J connectivity index is 4.50. The maximum atomic E-state index is 10.6. The molecule has 0 saturated heterocycles. The van der Waals surface area contributed by atoms with E-state index in [-0.39, 0.29) is 6.42 Å². The molecule has 0 aliphatic carbocycles. The van der Waals surface area contributed by atoms with E-state index < -0.39 is 17.2 Å². The van der Waals surface area contributed by atoms with Crippen LogP contribution in [0.3, 0.4) is 0 Å². The molecule has 3 N–H and O–H groups in total. The molecule has 0 saturated carbocycles. The zero-order chi connectivity index (χ0) is 10.7. The van der Waals surface area contributed by atoms with Crippen LogP contribution in [0.15, 0.2) is 0 Å². The molecule has 0 aliphatic rings. The van der Waals surface area contributed by atoms with Crippen molar-refractivity contribution in [2.45, 2.75) is 51.2 Å². The maximum absolute atomic E-state index is 10.6. The van der Waals surface area contributed by atoms with Gasteiger partial charge in [-0.15, -0.1) is 0 Å². The van der Waals surface area contributed by atoms with Gasteiger partial charge in [-0.2, -0.15) is 0 Å². The highest BCUT2D eigenvalue weighted by molar-refractivity contribution is 5.78. The third-order valence-electron chi connectivity index (χ3n) is 2.48. The van der Waals surface area contributed by atoms with Crippen LogP contribution < -0.4 is 0 Å². The molecule has 0 aromatic carbocycles. The van der Waals surface area contributed by atoms with Crippen molar-refractivity contribution in [3.8, 4) is 0 Å². The Kier molecular flexibility index (Phi) is 3.88. The minimum Gasteiger partial charge on any atom is -0.479 e. The second-order valence-corrected chi connectivity index (χ2v) is 3.75. The predicted octanol–water partition coefficient (Wildman–Crippen LogP) is 0.763. The van der Waals surface area contributed by atoms with Crippen molar-refractivity contribution in [1.82, 2.24) is 0 Å². The SMILES string of the molecule is CCCCC(C)(O)C(C)(O)C(=O)O. The lowest BCUT2D eigenvalue weighted by atomic mass is 9.82. The Morgan fingerprint density at radius 3 is 2.08 bits per heavy atom. The van der Waals surface area contributed by atoms with Gasteiger partial charge in [0.1, 0.15) is 5.60 Å². The summed E-state index contributed by atoms with van der Waals surface area (Å²) in [4.78, 5) is 10.6. The Bertz CT molecular complexity index is 184. The molecule has 0 aliphatic heterocycles. The molecule has 0 radical (unpaired) electrons. The van der Waals surface area contributed by atoms with Gasteiger partial charge < -0.3 is 15.3 Å². The third-order valence-corrected chi connectivity index (χ3v) is 2.48. The lowest BCUT2D eigenvalue weighted by molar-refractivity contribution is -0.186. The Labute approximate surface area is 78.2 Å². The molecule has 0 heterocycles. The molecule has 0 rings (SSSR count). The van der Waals surface area contributed by atoms with Gasteiger partial charge in [0.2, 0.25) is 0 Å². The van der Waals surface area contributed by atoms with Crippen molar-refractivity contribution in [2.75, 3.05) is 0 Å². The van der Waals surface area contributed by atoms with Gasteiger partial charge in [-0.1, -0.05) is 19.8 Å². The van der Waals surface area contributed by atoms with Crippen molar-refractivity contribution in [3.05, 3.63) is 0 Å². The standard InChI is InChI=1S/C9H18O4/c1-4-5-6-8(2,12)9(3,13)7(10)11/h12-13H,4-6H2,1-3H3,(H,10,11). The first-order valence-corrected chi connectivity index (χ1v) is 4.44. The van der Waals surface area contributed by atoms with Crippen molar-refractivity contribution in [3.63, 3.8) is 0 Å². The predicted molar refractivity (Wildman–Crippen MR) is 48.4 cm³/mol. The lowest BCUT2D eigenvalue weighted by Crippen LogP contribution is -2.55. The number of carbonyl (C=O) groups is 1. The summed E-state index contributed by atoms with van der Waals surface area (Å²) in [5.41, 5.74) is -3.66. The number of rotatable bonds is 5. The van der Waals surface area contributed by atoms with Crippen molar-refractivity contribution < 1.29 is 20.1 Å². The number of hydrogen-bond donors (Lipinski definition) is 3. The molecule has 0 aromatic rings. The molecule has 4 heteroatoms. The number of unbranched alkanes of at least 4 members (excludes halogenated alkanes) is 1. The third kappa shape index (κ3) is 2.67. The highest BCUT2D eigenvalue weighted by atomic mass is 16.4. The molecule has 2 unspecified atom stereocenters. The Morgan fingerprint density at radius 1 is 1.31 bits per heavy atom. The van der Waals surface area contributed by atoms with Crippen LogP contribution in [0.5, 0.6) is 0 Å². The number of hydrogen-bond acceptors (Lipinski definition) is 3. The van der Waals surface area contributed by atoms with Crippen LogP contribution in [0.2, 0.25) is 0 Å². The maximum Gasteiger partial charge on any atom is 0.338 e. The van der Waals surface area contributed by atoms with Gasteiger partial charge >= 0.3 is 5.97 Å². The second-order valence-electron chi connectivity index (χ2n) is 3.75. The smallest absolute Gasteiger partial charge is 0.338 e. The van der Waals surface area contributed by atoms with Gasteiger partial charge in [0.05, 0.1) is 0 Å². The van der Waals surface area contributed by atoms with E-state index in [0.29, 0.717) is 6.42 Å². The minimum absolute atomic E-state index is 0.281. The highest BCUT2D eigenvalue weighted by Crippen LogP contribution is 2.27. The van der Waals surface area contributed by atoms with Crippen LogP contribution in [-0.2, 0) is 4.79 Å².